The summed E-state index contributed by atoms with van der Waals surface area (Å²) in [7, 11) is 3.29. The highest BCUT2D eigenvalue weighted by molar-refractivity contribution is 5.53. The lowest BCUT2D eigenvalue weighted by Gasteiger charge is -2.03. The highest BCUT2D eigenvalue weighted by Gasteiger charge is 2.00. The van der Waals surface area contributed by atoms with Crippen molar-refractivity contribution in [2.24, 2.45) is 0 Å². The van der Waals surface area contributed by atoms with Crippen LogP contribution in [0.1, 0.15) is 33.9 Å². The molecule has 0 saturated heterocycles. The van der Waals surface area contributed by atoms with Crippen molar-refractivity contribution in [3.8, 4) is 23.7 Å². The Morgan fingerprint density at radius 1 is 0.559 bits per heavy atom. The summed E-state index contributed by atoms with van der Waals surface area (Å²) in [5.41, 5.74) is 4.67. The molecule has 34 heavy (non-hydrogen) atoms. The summed E-state index contributed by atoms with van der Waals surface area (Å²) in [4.78, 5) is 9.10. The van der Waals surface area contributed by atoms with Crippen LogP contribution in [0.3, 0.4) is 0 Å². The highest BCUT2D eigenvalue weighted by atomic mass is 16.5. The predicted octanol–water partition coefficient (Wildman–Crippen LogP) is 3.60. The van der Waals surface area contributed by atoms with E-state index >= 15 is 0 Å². The zero-order valence-corrected chi connectivity index (χ0v) is 19.5. The number of hydrogen-bond donors (Lipinski definition) is 0. The van der Waals surface area contributed by atoms with Crippen molar-refractivity contribution in [3.63, 3.8) is 0 Å². The summed E-state index contributed by atoms with van der Waals surface area (Å²) in [5.74, 6) is 12.7. The third-order valence-corrected chi connectivity index (χ3v) is 4.55. The van der Waals surface area contributed by atoms with Gasteiger partial charge in [-0.15, -0.1) is 0 Å². The molecule has 3 aromatic rings. The smallest absolute Gasteiger partial charge is 0.113 e. The van der Waals surface area contributed by atoms with Crippen LogP contribution in [-0.4, -0.2) is 50.6 Å². The Labute approximate surface area is 201 Å². The van der Waals surface area contributed by atoms with E-state index in [1.807, 2.05) is 60.7 Å². The monoisotopic (exact) mass is 456 g/mol. The average Bonchev–Trinajstić information content (AvgIpc) is 2.88. The molecule has 0 saturated carbocycles. The van der Waals surface area contributed by atoms with Crippen LogP contribution in [-0.2, 0) is 32.2 Å². The maximum Gasteiger partial charge on any atom is 0.113 e. The Morgan fingerprint density at radius 2 is 1.03 bits per heavy atom. The second-order valence-corrected chi connectivity index (χ2v) is 7.16. The molecule has 0 aliphatic rings. The van der Waals surface area contributed by atoms with Crippen molar-refractivity contribution >= 4 is 0 Å². The topological polar surface area (TPSA) is 62.7 Å². The molecule has 0 amide bonds. The Kier molecular flexibility index (Phi) is 10.8. The summed E-state index contributed by atoms with van der Waals surface area (Å²) in [6.45, 7) is 3.00. The van der Waals surface area contributed by atoms with E-state index in [-0.39, 0.29) is 0 Å². The number of pyridine rings is 2. The summed E-state index contributed by atoms with van der Waals surface area (Å²) in [6, 6.07) is 19.2. The molecule has 0 bridgehead atoms. The van der Waals surface area contributed by atoms with Gasteiger partial charge in [-0.3, -0.25) is 0 Å². The number of aromatic nitrogens is 2. The maximum absolute atomic E-state index is 5.54. The minimum absolute atomic E-state index is 0.421. The summed E-state index contributed by atoms with van der Waals surface area (Å²) < 4.78 is 21.1. The van der Waals surface area contributed by atoms with Crippen LogP contribution in [0.2, 0.25) is 0 Å². The van der Waals surface area contributed by atoms with Crippen molar-refractivity contribution in [1.29, 1.82) is 0 Å². The van der Waals surface area contributed by atoms with E-state index in [0.717, 1.165) is 22.5 Å². The van der Waals surface area contributed by atoms with Crippen molar-refractivity contribution in [3.05, 3.63) is 94.6 Å². The fourth-order valence-corrected chi connectivity index (χ4v) is 2.86. The minimum atomic E-state index is 0.421. The van der Waals surface area contributed by atoms with Gasteiger partial charge in [0.25, 0.3) is 0 Å². The largest absolute Gasteiger partial charge is 0.382 e. The van der Waals surface area contributed by atoms with Gasteiger partial charge >= 0.3 is 0 Å². The third-order valence-electron chi connectivity index (χ3n) is 4.55. The standard InChI is InChI=1S/C28H28N2O4/c1-31-17-19-33-21-27-11-5-9-25(29-27)15-13-23-7-3-4-8-24(23)14-16-26-10-6-12-28(30-26)22-34-20-18-32-2/h3-12H,17-22H2,1-2H3. The second kappa shape index (κ2) is 14.6. The lowest BCUT2D eigenvalue weighted by molar-refractivity contribution is 0.0602. The molecule has 6 nitrogen and oxygen atoms in total. The fourth-order valence-electron chi connectivity index (χ4n) is 2.86. The van der Waals surface area contributed by atoms with Crippen LogP contribution in [0, 0.1) is 23.7 Å². The molecular weight excluding hydrogens is 428 g/mol. The van der Waals surface area contributed by atoms with E-state index < -0.39 is 0 Å². The molecule has 6 heteroatoms. The highest BCUT2D eigenvalue weighted by Crippen LogP contribution is 2.08. The Balaban J connectivity index is 1.70. The second-order valence-electron chi connectivity index (χ2n) is 7.16. The number of methoxy groups -OCH3 is 2. The molecule has 0 fully saturated rings. The molecule has 0 N–H and O–H groups in total. The van der Waals surface area contributed by atoms with Gasteiger partial charge in [0.05, 0.1) is 51.0 Å². The first kappa shape index (κ1) is 25.1. The van der Waals surface area contributed by atoms with Gasteiger partial charge in [-0.05, 0) is 48.2 Å². The first-order valence-corrected chi connectivity index (χ1v) is 11.0. The zero-order valence-electron chi connectivity index (χ0n) is 19.5. The predicted molar refractivity (Wildman–Crippen MR) is 130 cm³/mol. The van der Waals surface area contributed by atoms with Crippen LogP contribution in [0.15, 0.2) is 60.7 Å². The van der Waals surface area contributed by atoms with Gasteiger partial charge in [-0.1, -0.05) is 36.1 Å². The van der Waals surface area contributed by atoms with E-state index in [2.05, 4.69) is 33.6 Å². The summed E-state index contributed by atoms with van der Waals surface area (Å²) in [5, 5.41) is 0. The number of nitrogens with zero attached hydrogens (tertiary/aromatic N) is 2. The molecule has 2 heterocycles. The van der Waals surface area contributed by atoms with E-state index in [1.54, 1.807) is 14.2 Å². The lowest BCUT2D eigenvalue weighted by atomic mass is 10.1. The number of benzene rings is 1. The van der Waals surface area contributed by atoms with E-state index in [1.165, 1.54) is 0 Å². The van der Waals surface area contributed by atoms with Crippen molar-refractivity contribution in [2.75, 3.05) is 40.6 Å². The molecule has 0 spiro atoms. The van der Waals surface area contributed by atoms with Gasteiger partial charge in [0.15, 0.2) is 0 Å². The van der Waals surface area contributed by atoms with Crippen LogP contribution in [0.4, 0.5) is 0 Å². The molecule has 0 unspecified atom stereocenters. The first-order chi connectivity index (χ1) is 16.8. The van der Waals surface area contributed by atoms with Crippen LogP contribution in [0.5, 0.6) is 0 Å². The Hall–Kier alpha value is -3.52. The zero-order chi connectivity index (χ0) is 23.8. The molecule has 0 aliphatic heterocycles. The molecular formula is C28H28N2O4. The van der Waals surface area contributed by atoms with Crippen LogP contribution in [0.25, 0.3) is 0 Å². The number of hydrogen-bond acceptors (Lipinski definition) is 6. The van der Waals surface area contributed by atoms with Crippen molar-refractivity contribution in [1.82, 2.24) is 9.97 Å². The molecule has 174 valence electrons. The number of rotatable bonds is 10. The third kappa shape index (κ3) is 8.78. The van der Waals surface area contributed by atoms with Crippen LogP contribution < -0.4 is 0 Å². The molecule has 0 radical (unpaired) electrons. The SMILES string of the molecule is COCCOCc1cccc(C#Cc2ccccc2C#Cc2cccc(COCCOC)n2)n1. The van der Waals surface area contributed by atoms with Crippen molar-refractivity contribution in [2.45, 2.75) is 13.2 Å². The molecule has 1 aromatic carbocycles. The van der Waals surface area contributed by atoms with Gasteiger partial charge < -0.3 is 18.9 Å². The number of ether oxygens (including phenoxy) is 4. The summed E-state index contributed by atoms with van der Waals surface area (Å²) in [6.07, 6.45) is 0. The van der Waals surface area contributed by atoms with E-state index in [4.69, 9.17) is 18.9 Å². The van der Waals surface area contributed by atoms with E-state index in [0.29, 0.717) is 51.0 Å². The van der Waals surface area contributed by atoms with Gasteiger partial charge in [0.1, 0.15) is 11.4 Å². The first-order valence-electron chi connectivity index (χ1n) is 11.0. The van der Waals surface area contributed by atoms with Gasteiger partial charge in [-0.25, -0.2) is 9.97 Å². The maximum atomic E-state index is 5.54. The van der Waals surface area contributed by atoms with Gasteiger partial charge in [-0.2, -0.15) is 0 Å². The van der Waals surface area contributed by atoms with Crippen molar-refractivity contribution < 1.29 is 18.9 Å². The fraction of sp³-hybridized carbons (Fsp3) is 0.286. The molecule has 3 rings (SSSR count). The van der Waals surface area contributed by atoms with Crippen LogP contribution >= 0.6 is 0 Å². The molecule has 0 atom stereocenters. The molecule has 0 aliphatic carbocycles. The Morgan fingerprint density at radius 3 is 1.47 bits per heavy atom. The minimum Gasteiger partial charge on any atom is -0.382 e. The van der Waals surface area contributed by atoms with E-state index in [9.17, 15) is 0 Å². The average molecular weight is 457 g/mol. The van der Waals surface area contributed by atoms with Gasteiger partial charge in [0.2, 0.25) is 0 Å². The molecule has 2 aromatic heterocycles. The Bertz CT molecular complexity index is 1080. The van der Waals surface area contributed by atoms with Gasteiger partial charge in [0, 0.05) is 25.3 Å². The lowest BCUT2D eigenvalue weighted by Crippen LogP contribution is -2.03. The quantitative estimate of drug-likeness (QED) is 0.343. The summed E-state index contributed by atoms with van der Waals surface area (Å²) >= 11 is 0. The normalized spacial score (nSPS) is 10.2.